The highest BCUT2D eigenvalue weighted by molar-refractivity contribution is 7.99. The van der Waals surface area contributed by atoms with Gasteiger partial charge in [-0.25, -0.2) is 0 Å². The zero-order chi connectivity index (χ0) is 11.5. The van der Waals surface area contributed by atoms with Crippen molar-refractivity contribution in [2.45, 2.75) is 11.8 Å². The van der Waals surface area contributed by atoms with Crippen LogP contribution in [-0.2, 0) is 0 Å². The summed E-state index contributed by atoms with van der Waals surface area (Å²) < 4.78 is 0. The molecule has 16 heavy (non-hydrogen) atoms. The molecule has 2 aromatic rings. The van der Waals surface area contributed by atoms with E-state index in [4.69, 9.17) is 5.11 Å². The highest BCUT2D eigenvalue weighted by Crippen LogP contribution is 2.23. The molecule has 0 aliphatic rings. The number of aryl methyl sites for hydroxylation is 1. The predicted molar refractivity (Wildman–Crippen MR) is 67.1 cm³/mol. The number of rotatable bonds is 3. The van der Waals surface area contributed by atoms with Crippen LogP contribution in [0.1, 0.15) is 5.56 Å². The highest BCUT2D eigenvalue weighted by atomic mass is 32.2. The van der Waals surface area contributed by atoms with Crippen LogP contribution in [0.15, 0.2) is 34.0 Å². The third-order valence-electron chi connectivity index (χ3n) is 2.46. The van der Waals surface area contributed by atoms with Crippen molar-refractivity contribution in [1.82, 2.24) is 4.98 Å². The van der Waals surface area contributed by atoms with Gasteiger partial charge < -0.3 is 10.1 Å². The lowest BCUT2D eigenvalue weighted by Gasteiger charge is -2.07. The van der Waals surface area contributed by atoms with Gasteiger partial charge in [-0.3, -0.25) is 4.79 Å². The van der Waals surface area contributed by atoms with Crippen molar-refractivity contribution in [2.24, 2.45) is 0 Å². The molecular formula is C12H13NO2S. The van der Waals surface area contributed by atoms with E-state index >= 15 is 0 Å². The third-order valence-corrected chi connectivity index (χ3v) is 3.63. The first-order chi connectivity index (χ1) is 7.74. The van der Waals surface area contributed by atoms with E-state index in [9.17, 15) is 4.79 Å². The minimum Gasteiger partial charge on any atom is -0.396 e. The summed E-state index contributed by atoms with van der Waals surface area (Å²) in [5, 5.41) is 9.85. The molecule has 0 atom stereocenters. The number of aliphatic hydroxyl groups excluding tert-OH is 1. The third kappa shape index (κ3) is 1.99. The fraction of sp³-hybridized carbons (Fsp3) is 0.250. The second kappa shape index (κ2) is 4.72. The van der Waals surface area contributed by atoms with Gasteiger partial charge in [-0.05, 0) is 18.6 Å². The molecule has 1 heterocycles. The second-order valence-electron chi connectivity index (χ2n) is 3.53. The Morgan fingerprint density at radius 2 is 2.12 bits per heavy atom. The Bertz CT molecular complexity index is 562. The number of nitrogens with one attached hydrogen (secondary N) is 1. The Balaban J connectivity index is 2.61. The fourth-order valence-electron chi connectivity index (χ4n) is 1.71. The monoisotopic (exact) mass is 235 g/mol. The van der Waals surface area contributed by atoms with Gasteiger partial charge in [0, 0.05) is 16.7 Å². The molecule has 2 N–H and O–H groups in total. The van der Waals surface area contributed by atoms with Crippen molar-refractivity contribution < 1.29 is 5.11 Å². The predicted octanol–water partition coefficient (Wildman–Crippen LogP) is 1.92. The number of para-hydroxylation sites is 1. The number of hydrogen-bond donors (Lipinski definition) is 2. The van der Waals surface area contributed by atoms with Gasteiger partial charge in [0.15, 0.2) is 0 Å². The average Bonchev–Trinajstić information content (AvgIpc) is 2.29. The summed E-state index contributed by atoms with van der Waals surface area (Å²) in [6.45, 7) is 2.02. The van der Waals surface area contributed by atoms with Crippen molar-refractivity contribution in [3.8, 4) is 0 Å². The number of aliphatic hydroxyl groups is 1. The Labute approximate surface area is 97.5 Å². The smallest absolute Gasteiger partial charge is 0.262 e. The molecule has 1 aromatic heterocycles. The lowest BCUT2D eigenvalue weighted by atomic mass is 10.1. The quantitative estimate of drug-likeness (QED) is 0.799. The Hall–Kier alpha value is -1.26. The molecule has 0 unspecified atom stereocenters. The molecule has 0 saturated carbocycles. The van der Waals surface area contributed by atoms with Gasteiger partial charge in [0.1, 0.15) is 0 Å². The topological polar surface area (TPSA) is 53.1 Å². The summed E-state index contributed by atoms with van der Waals surface area (Å²) in [5.74, 6) is 0.544. The molecule has 0 bridgehead atoms. The lowest BCUT2D eigenvalue weighted by Crippen LogP contribution is -2.11. The molecule has 0 aliphatic heterocycles. The molecule has 84 valence electrons. The average molecular weight is 235 g/mol. The van der Waals surface area contributed by atoms with Crippen molar-refractivity contribution in [3.05, 3.63) is 40.2 Å². The van der Waals surface area contributed by atoms with Crippen molar-refractivity contribution in [2.75, 3.05) is 12.4 Å². The SMILES string of the molecule is Cc1c(SCCO)c(=O)[nH]c2ccccc12. The minimum absolute atomic E-state index is 0.0744. The van der Waals surface area contributed by atoms with Crippen LogP contribution in [0.5, 0.6) is 0 Å². The summed E-state index contributed by atoms with van der Waals surface area (Å²) in [6.07, 6.45) is 0. The van der Waals surface area contributed by atoms with E-state index in [2.05, 4.69) is 4.98 Å². The Morgan fingerprint density at radius 1 is 1.38 bits per heavy atom. The lowest BCUT2D eigenvalue weighted by molar-refractivity contribution is 0.322. The molecule has 0 fully saturated rings. The number of thioether (sulfide) groups is 1. The number of H-pyrrole nitrogens is 1. The molecular weight excluding hydrogens is 222 g/mol. The van der Waals surface area contributed by atoms with Crippen LogP contribution in [0.3, 0.4) is 0 Å². The summed E-state index contributed by atoms with van der Waals surface area (Å²) >= 11 is 1.39. The Kier molecular flexibility index (Phi) is 3.31. The number of pyridine rings is 1. The van der Waals surface area contributed by atoms with Gasteiger partial charge in [-0.15, -0.1) is 11.8 Å². The second-order valence-corrected chi connectivity index (χ2v) is 4.63. The van der Waals surface area contributed by atoms with Crippen LogP contribution < -0.4 is 5.56 Å². The van der Waals surface area contributed by atoms with Gasteiger partial charge in [0.25, 0.3) is 5.56 Å². The van der Waals surface area contributed by atoms with Crippen molar-refractivity contribution >= 4 is 22.7 Å². The van der Waals surface area contributed by atoms with Gasteiger partial charge >= 0.3 is 0 Å². The first-order valence-corrected chi connectivity index (χ1v) is 6.08. The van der Waals surface area contributed by atoms with Gasteiger partial charge in [-0.1, -0.05) is 18.2 Å². The summed E-state index contributed by atoms with van der Waals surface area (Å²) in [7, 11) is 0. The highest BCUT2D eigenvalue weighted by Gasteiger charge is 2.08. The van der Waals surface area contributed by atoms with Crippen LogP contribution in [-0.4, -0.2) is 22.5 Å². The van der Waals surface area contributed by atoms with Gasteiger partial charge in [-0.2, -0.15) is 0 Å². The maximum Gasteiger partial charge on any atom is 0.262 e. The van der Waals surface area contributed by atoms with Gasteiger partial charge in [0.05, 0.1) is 11.5 Å². The fourth-order valence-corrected chi connectivity index (χ4v) is 2.52. The molecule has 0 aliphatic carbocycles. The normalized spacial score (nSPS) is 10.9. The van der Waals surface area contributed by atoms with Crippen molar-refractivity contribution in [3.63, 3.8) is 0 Å². The number of aromatic amines is 1. The zero-order valence-corrected chi connectivity index (χ0v) is 9.80. The van der Waals surface area contributed by atoms with Crippen LogP contribution >= 0.6 is 11.8 Å². The number of benzene rings is 1. The largest absolute Gasteiger partial charge is 0.396 e. The van der Waals surface area contributed by atoms with E-state index in [0.717, 1.165) is 16.5 Å². The maximum absolute atomic E-state index is 11.8. The van der Waals surface area contributed by atoms with Crippen molar-refractivity contribution in [1.29, 1.82) is 0 Å². The number of fused-ring (bicyclic) bond motifs is 1. The van der Waals surface area contributed by atoms with Crippen LogP contribution in [0.2, 0.25) is 0 Å². The van der Waals surface area contributed by atoms with E-state index in [1.165, 1.54) is 11.8 Å². The van der Waals surface area contributed by atoms with Crippen LogP contribution in [0.25, 0.3) is 10.9 Å². The van der Waals surface area contributed by atoms with E-state index in [0.29, 0.717) is 10.6 Å². The first kappa shape index (κ1) is 11.2. The molecule has 0 saturated heterocycles. The van der Waals surface area contributed by atoms with Gasteiger partial charge in [0.2, 0.25) is 0 Å². The summed E-state index contributed by atoms with van der Waals surface area (Å²) in [4.78, 5) is 15.4. The number of hydrogen-bond acceptors (Lipinski definition) is 3. The molecule has 4 heteroatoms. The number of aromatic nitrogens is 1. The molecule has 3 nitrogen and oxygen atoms in total. The Morgan fingerprint density at radius 3 is 2.88 bits per heavy atom. The minimum atomic E-state index is -0.0744. The standard InChI is InChI=1S/C12H13NO2S/c1-8-9-4-2-3-5-10(9)13-12(15)11(8)16-7-6-14/h2-5,14H,6-7H2,1H3,(H,13,15). The van der Waals surface area contributed by atoms with E-state index in [1.54, 1.807) is 0 Å². The molecule has 0 amide bonds. The first-order valence-electron chi connectivity index (χ1n) is 5.09. The molecule has 1 aromatic carbocycles. The molecule has 0 radical (unpaired) electrons. The van der Waals surface area contributed by atoms with E-state index in [1.807, 2.05) is 31.2 Å². The summed E-state index contributed by atoms with van der Waals surface area (Å²) in [6, 6.07) is 7.74. The van der Waals surface area contributed by atoms with E-state index < -0.39 is 0 Å². The maximum atomic E-state index is 11.8. The molecule has 0 spiro atoms. The van der Waals surface area contributed by atoms with E-state index in [-0.39, 0.29) is 12.2 Å². The van der Waals surface area contributed by atoms with Crippen LogP contribution in [0, 0.1) is 6.92 Å². The summed E-state index contributed by atoms with van der Waals surface area (Å²) in [5.41, 5.74) is 1.77. The molecule has 2 rings (SSSR count). The van der Waals surface area contributed by atoms with Crippen LogP contribution in [0.4, 0.5) is 0 Å². The zero-order valence-electron chi connectivity index (χ0n) is 8.99.